The van der Waals surface area contributed by atoms with Gasteiger partial charge < -0.3 is 20.1 Å². The molecule has 26 heavy (non-hydrogen) atoms. The van der Waals surface area contributed by atoms with Crippen LogP contribution in [-0.4, -0.2) is 42.4 Å². The van der Waals surface area contributed by atoms with Crippen LogP contribution >= 0.6 is 0 Å². The van der Waals surface area contributed by atoms with Crippen molar-refractivity contribution in [1.29, 1.82) is 0 Å². The van der Waals surface area contributed by atoms with E-state index in [0.717, 1.165) is 12.8 Å². The minimum atomic E-state index is -0.411. The molecule has 1 amide bonds. The van der Waals surface area contributed by atoms with Crippen molar-refractivity contribution >= 4 is 29.2 Å². The van der Waals surface area contributed by atoms with Gasteiger partial charge >= 0.3 is 5.97 Å². The third-order valence-corrected chi connectivity index (χ3v) is 4.06. The molecule has 0 bridgehead atoms. The largest absolute Gasteiger partial charge is 0.465 e. The zero-order valence-electron chi connectivity index (χ0n) is 14.4. The number of methoxy groups -OCH3 is 1. The summed E-state index contributed by atoms with van der Waals surface area (Å²) in [6, 6.07) is 10.2. The van der Waals surface area contributed by atoms with Crippen LogP contribution in [-0.2, 0) is 14.3 Å². The number of carbonyl (C=O) groups excluding carboxylic acids is 2. The van der Waals surface area contributed by atoms with Crippen LogP contribution in [0.5, 0.6) is 0 Å². The lowest BCUT2D eigenvalue weighted by molar-refractivity contribution is -0.122. The number of hydrogen-bond acceptors (Lipinski definition) is 7. The molecule has 2 heterocycles. The first-order chi connectivity index (χ1) is 12.7. The molecule has 3 rings (SSSR count). The third-order valence-electron chi connectivity index (χ3n) is 4.06. The van der Waals surface area contributed by atoms with Crippen LogP contribution in [0.4, 0.5) is 17.3 Å². The maximum Gasteiger partial charge on any atom is 0.337 e. The van der Waals surface area contributed by atoms with Crippen LogP contribution < -0.4 is 10.6 Å². The number of hydrogen-bond donors (Lipinski definition) is 2. The van der Waals surface area contributed by atoms with E-state index in [1.807, 2.05) is 0 Å². The third kappa shape index (κ3) is 4.54. The summed E-state index contributed by atoms with van der Waals surface area (Å²) in [5, 5.41) is 13.9. The van der Waals surface area contributed by atoms with Gasteiger partial charge in [0, 0.05) is 24.8 Å². The summed E-state index contributed by atoms with van der Waals surface area (Å²) in [4.78, 5) is 23.7. The Morgan fingerprint density at radius 3 is 2.54 bits per heavy atom. The zero-order chi connectivity index (χ0) is 18.4. The second-order valence-electron chi connectivity index (χ2n) is 5.88. The van der Waals surface area contributed by atoms with Crippen LogP contribution in [0.1, 0.15) is 23.2 Å². The van der Waals surface area contributed by atoms with E-state index in [2.05, 4.69) is 20.8 Å². The van der Waals surface area contributed by atoms with E-state index in [1.54, 1.807) is 36.4 Å². The van der Waals surface area contributed by atoms with Gasteiger partial charge in [-0.1, -0.05) is 6.07 Å². The van der Waals surface area contributed by atoms with Crippen molar-refractivity contribution in [1.82, 2.24) is 10.2 Å². The Morgan fingerprint density at radius 1 is 1.12 bits per heavy atom. The molecule has 1 fully saturated rings. The van der Waals surface area contributed by atoms with Crippen molar-refractivity contribution in [3.05, 3.63) is 42.0 Å². The predicted octanol–water partition coefficient (Wildman–Crippen LogP) is 2.37. The normalized spacial score (nSPS) is 14.5. The first-order valence-electron chi connectivity index (χ1n) is 8.33. The minimum absolute atomic E-state index is 0.0515. The molecule has 1 saturated heterocycles. The first-order valence-corrected chi connectivity index (χ1v) is 8.33. The van der Waals surface area contributed by atoms with E-state index < -0.39 is 5.97 Å². The summed E-state index contributed by atoms with van der Waals surface area (Å²) in [5.41, 5.74) is 1.12. The Kier molecular flexibility index (Phi) is 5.75. The number of rotatable bonds is 5. The highest BCUT2D eigenvalue weighted by Crippen LogP contribution is 2.19. The smallest absolute Gasteiger partial charge is 0.337 e. The van der Waals surface area contributed by atoms with Gasteiger partial charge in [0.15, 0.2) is 11.6 Å². The molecule has 0 aliphatic carbocycles. The molecule has 0 saturated carbocycles. The number of esters is 1. The molecule has 8 heteroatoms. The molecule has 8 nitrogen and oxygen atoms in total. The highest BCUT2D eigenvalue weighted by molar-refractivity contribution is 5.92. The van der Waals surface area contributed by atoms with Crippen LogP contribution in [0.3, 0.4) is 0 Å². The number of nitrogens with zero attached hydrogens (tertiary/aromatic N) is 2. The Hall–Kier alpha value is -3.00. The average Bonchev–Trinajstić information content (AvgIpc) is 2.69. The van der Waals surface area contributed by atoms with E-state index in [4.69, 9.17) is 9.47 Å². The SMILES string of the molecule is COC(=O)c1cccc(Nc2ccc(NC(=O)C3CCOCC3)nn2)c1. The monoisotopic (exact) mass is 356 g/mol. The molecule has 2 aromatic rings. The van der Waals surface area contributed by atoms with Crippen LogP contribution in [0.15, 0.2) is 36.4 Å². The summed E-state index contributed by atoms with van der Waals surface area (Å²) in [6.45, 7) is 1.22. The molecule has 0 radical (unpaired) electrons. The second-order valence-corrected chi connectivity index (χ2v) is 5.88. The lowest BCUT2D eigenvalue weighted by Gasteiger charge is -2.20. The molecule has 1 aromatic heterocycles. The molecule has 1 aromatic carbocycles. The summed E-state index contributed by atoms with van der Waals surface area (Å²) >= 11 is 0. The predicted molar refractivity (Wildman–Crippen MR) is 95.3 cm³/mol. The lowest BCUT2D eigenvalue weighted by atomic mass is 9.99. The van der Waals surface area contributed by atoms with Crippen LogP contribution in [0.25, 0.3) is 0 Å². The molecule has 2 N–H and O–H groups in total. The molecular weight excluding hydrogens is 336 g/mol. The van der Waals surface area contributed by atoms with E-state index in [0.29, 0.717) is 36.1 Å². The number of anilines is 3. The fourth-order valence-corrected chi connectivity index (χ4v) is 2.64. The van der Waals surface area contributed by atoms with Gasteiger partial charge in [-0.3, -0.25) is 4.79 Å². The van der Waals surface area contributed by atoms with Gasteiger partial charge in [0.1, 0.15) is 0 Å². The molecule has 0 unspecified atom stereocenters. The first kappa shape index (κ1) is 17.8. The standard InChI is InChI=1S/C18H20N4O4/c1-25-18(24)13-3-2-4-14(11-13)19-15-5-6-16(22-21-15)20-17(23)12-7-9-26-10-8-12/h2-6,11-12H,7-10H2,1H3,(H,19,21)(H,20,22,23). The van der Waals surface area contributed by atoms with Crippen LogP contribution in [0, 0.1) is 5.92 Å². The summed E-state index contributed by atoms with van der Waals surface area (Å²) < 4.78 is 9.96. The van der Waals surface area contributed by atoms with Gasteiger partial charge in [0.05, 0.1) is 12.7 Å². The topological polar surface area (TPSA) is 102 Å². The number of benzene rings is 1. The molecule has 136 valence electrons. The van der Waals surface area contributed by atoms with Gasteiger partial charge in [-0.05, 0) is 43.2 Å². The summed E-state index contributed by atoms with van der Waals surface area (Å²) in [6.07, 6.45) is 1.44. The highest BCUT2D eigenvalue weighted by atomic mass is 16.5. The van der Waals surface area contributed by atoms with Gasteiger partial charge in [0.25, 0.3) is 0 Å². The van der Waals surface area contributed by atoms with E-state index >= 15 is 0 Å². The van der Waals surface area contributed by atoms with Crippen molar-refractivity contribution < 1.29 is 19.1 Å². The summed E-state index contributed by atoms with van der Waals surface area (Å²) in [7, 11) is 1.33. The van der Waals surface area contributed by atoms with Crippen molar-refractivity contribution in [2.24, 2.45) is 5.92 Å². The van der Waals surface area contributed by atoms with E-state index in [-0.39, 0.29) is 11.8 Å². The molecule has 0 atom stereocenters. The quantitative estimate of drug-likeness (QED) is 0.793. The fourth-order valence-electron chi connectivity index (χ4n) is 2.64. The Morgan fingerprint density at radius 2 is 1.85 bits per heavy atom. The van der Waals surface area contributed by atoms with Crippen molar-refractivity contribution in [3.63, 3.8) is 0 Å². The van der Waals surface area contributed by atoms with E-state index in [9.17, 15) is 9.59 Å². The Labute approximate surface area is 150 Å². The van der Waals surface area contributed by atoms with Crippen molar-refractivity contribution in [3.8, 4) is 0 Å². The molecule has 1 aliphatic heterocycles. The average molecular weight is 356 g/mol. The molecule has 1 aliphatic rings. The summed E-state index contributed by atoms with van der Waals surface area (Å²) in [5.74, 6) is 0.371. The van der Waals surface area contributed by atoms with E-state index in [1.165, 1.54) is 7.11 Å². The molecule has 0 spiro atoms. The zero-order valence-corrected chi connectivity index (χ0v) is 14.4. The van der Waals surface area contributed by atoms with Gasteiger partial charge in [-0.15, -0.1) is 10.2 Å². The van der Waals surface area contributed by atoms with Crippen molar-refractivity contribution in [2.45, 2.75) is 12.8 Å². The fraction of sp³-hybridized carbons (Fsp3) is 0.333. The minimum Gasteiger partial charge on any atom is -0.465 e. The number of aromatic nitrogens is 2. The Bertz CT molecular complexity index is 773. The number of carbonyl (C=O) groups is 2. The van der Waals surface area contributed by atoms with Crippen LogP contribution in [0.2, 0.25) is 0 Å². The number of nitrogens with one attached hydrogen (secondary N) is 2. The number of amides is 1. The van der Waals surface area contributed by atoms with Crippen molar-refractivity contribution in [2.75, 3.05) is 31.0 Å². The van der Waals surface area contributed by atoms with Gasteiger partial charge in [-0.2, -0.15) is 0 Å². The number of ether oxygens (including phenoxy) is 2. The Balaban J connectivity index is 1.61. The maximum atomic E-state index is 12.2. The van der Waals surface area contributed by atoms with Gasteiger partial charge in [0.2, 0.25) is 5.91 Å². The lowest BCUT2D eigenvalue weighted by Crippen LogP contribution is -2.28. The van der Waals surface area contributed by atoms with Gasteiger partial charge in [-0.25, -0.2) is 4.79 Å². The highest BCUT2D eigenvalue weighted by Gasteiger charge is 2.21. The second kappa shape index (κ2) is 8.39. The maximum absolute atomic E-state index is 12.2. The molecular formula is C18H20N4O4.